The van der Waals surface area contributed by atoms with E-state index in [1.807, 2.05) is 35.3 Å². The van der Waals surface area contributed by atoms with Crippen LogP contribution < -0.4 is 0 Å². The Labute approximate surface area is 183 Å². The Kier molecular flexibility index (Phi) is 5.81. The van der Waals surface area contributed by atoms with Gasteiger partial charge in [-0.15, -0.1) is 0 Å². The summed E-state index contributed by atoms with van der Waals surface area (Å²) in [7, 11) is 0. The minimum atomic E-state index is 0.280. The van der Waals surface area contributed by atoms with Gasteiger partial charge in [-0.25, -0.2) is 9.97 Å². The molecule has 2 aliphatic heterocycles. The van der Waals surface area contributed by atoms with Gasteiger partial charge in [0, 0.05) is 55.2 Å². The Morgan fingerprint density at radius 1 is 1.23 bits per heavy atom. The van der Waals surface area contributed by atoms with Gasteiger partial charge in [-0.2, -0.15) is 0 Å². The fraction of sp³-hybridized carbons (Fsp3) is 0.520. The van der Waals surface area contributed by atoms with Crippen LogP contribution in [0.2, 0.25) is 0 Å². The topological polar surface area (TPSA) is 75.1 Å². The van der Waals surface area contributed by atoms with E-state index in [1.54, 1.807) is 0 Å². The summed E-state index contributed by atoms with van der Waals surface area (Å²) < 4.78 is 2.05. The molecule has 5 rings (SSSR count). The zero-order valence-electron chi connectivity index (χ0n) is 18.2. The third kappa shape index (κ3) is 4.40. The molecular formula is C25H31N5O. The highest BCUT2D eigenvalue weighted by Gasteiger charge is 2.32. The number of hydrogen-bond donors (Lipinski definition) is 1. The van der Waals surface area contributed by atoms with Crippen molar-refractivity contribution in [2.75, 3.05) is 13.2 Å². The van der Waals surface area contributed by atoms with Gasteiger partial charge >= 0.3 is 0 Å². The van der Waals surface area contributed by atoms with E-state index in [2.05, 4.69) is 29.1 Å². The first-order chi connectivity index (χ1) is 15.2. The highest BCUT2D eigenvalue weighted by atomic mass is 16.3. The molecule has 3 unspecified atom stereocenters. The van der Waals surface area contributed by atoms with Crippen LogP contribution >= 0.6 is 0 Å². The number of dihydropyridines is 2. The molecule has 6 nitrogen and oxygen atoms in total. The van der Waals surface area contributed by atoms with Crippen molar-refractivity contribution in [1.82, 2.24) is 14.4 Å². The molecule has 2 aromatic heterocycles. The molecular weight excluding hydrogens is 386 g/mol. The van der Waals surface area contributed by atoms with Gasteiger partial charge in [0.05, 0.1) is 11.7 Å². The van der Waals surface area contributed by atoms with Crippen molar-refractivity contribution in [3.05, 3.63) is 42.1 Å². The molecule has 0 spiro atoms. The first-order valence-corrected chi connectivity index (χ1v) is 11.7. The van der Waals surface area contributed by atoms with E-state index in [-0.39, 0.29) is 6.61 Å². The predicted molar refractivity (Wildman–Crippen MR) is 126 cm³/mol. The lowest BCUT2D eigenvalue weighted by Gasteiger charge is -2.22. The lowest BCUT2D eigenvalue weighted by atomic mass is 9.86. The summed E-state index contributed by atoms with van der Waals surface area (Å²) in [6.45, 7) is 3.27. The van der Waals surface area contributed by atoms with Crippen LogP contribution in [-0.2, 0) is 0 Å². The first kappa shape index (κ1) is 20.3. The second-order valence-electron chi connectivity index (χ2n) is 9.08. The summed E-state index contributed by atoms with van der Waals surface area (Å²) in [5, 5.41) is 9.47. The SMILES string of the molecule is CCC1CC=C(c2cc3nccn3c(C3=CC(CC(CCO)C4CC4)CN=C3)n2)C=N1. The van der Waals surface area contributed by atoms with Crippen LogP contribution in [0.4, 0.5) is 0 Å². The average Bonchev–Trinajstić information content (AvgIpc) is 3.55. The van der Waals surface area contributed by atoms with Crippen molar-refractivity contribution in [2.45, 2.75) is 51.5 Å². The van der Waals surface area contributed by atoms with Gasteiger partial charge in [0.2, 0.25) is 0 Å². The molecule has 2 aromatic rings. The Hall–Kier alpha value is -2.60. The number of fused-ring (bicyclic) bond motifs is 1. The smallest absolute Gasteiger partial charge is 0.147 e. The second-order valence-corrected chi connectivity index (χ2v) is 9.08. The van der Waals surface area contributed by atoms with Crippen molar-refractivity contribution in [2.24, 2.45) is 27.7 Å². The van der Waals surface area contributed by atoms with Crippen LogP contribution in [0, 0.1) is 17.8 Å². The van der Waals surface area contributed by atoms with E-state index in [4.69, 9.17) is 9.98 Å². The maximum Gasteiger partial charge on any atom is 0.147 e. The van der Waals surface area contributed by atoms with E-state index < -0.39 is 0 Å². The van der Waals surface area contributed by atoms with Crippen LogP contribution in [0.1, 0.15) is 57.0 Å². The van der Waals surface area contributed by atoms with E-state index in [9.17, 15) is 5.11 Å². The lowest BCUT2D eigenvalue weighted by Crippen LogP contribution is -2.17. The summed E-state index contributed by atoms with van der Waals surface area (Å²) in [5.41, 5.74) is 3.93. The largest absolute Gasteiger partial charge is 0.396 e. The molecule has 0 amide bonds. The normalized spacial score (nSPS) is 24.3. The molecule has 0 bridgehead atoms. The van der Waals surface area contributed by atoms with Gasteiger partial charge in [-0.1, -0.05) is 19.1 Å². The maximum absolute atomic E-state index is 9.47. The minimum absolute atomic E-state index is 0.280. The summed E-state index contributed by atoms with van der Waals surface area (Å²) >= 11 is 0. The third-order valence-electron chi connectivity index (χ3n) is 6.83. The number of aliphatic hydroxyl groups excluding tert-OH is 1. The number of hydrogen-bond acceptors (Lipinski definition) is 5. The van der Waals surface area contributed by atoms with Crippen LogP contribution in [0.15, 0.2) is 40.6 Å². The molecule has 162 valence electrons. The Balaban J connectivity index is 1.45. The molecule has 1 N–H and O–H groups in total. The van der Waals surface area contributed by atoms with Crippen LogP contribution in [0.5, 0.6) is 0 Å². The van der Waals surface area contributed by atoms with E-state index in [1.165, 1.54) is 12.8 Å². The first-order valence-electron chi connectivity index (χ1n) is 11.7. The van der Waals surface area contributed by atoms with Gasteiger partial charge in [0.25, 0.3) is 0 Å². The van der Waals surface area contributed by atoms with Gasteiger partial charge in [-0.3, -0.25) is 14.4 Å². The van der Waals surface area contributed by atoms with Crippen molar-refractivity contribution in [1.29, 1.82) is 0 Å². The maximum atomic E-state index is 9.47. The van der Waals surface area contributed by atoms with Crippen LogP contribution in [0.3, 0.4) is 0 Å². The van der Waals surface area contributed by atoms with Crippen LogP contribution in [-0.4, -0.2) is 51.1 Å². The van der Waals surface area contributed by atoms with Gasteiger partial charge in [0.1, 0.15) is 11.5 Å². The Morgan fingerprint density at radius 2 is 2.13 bits per heavy atom. The molecule has 1 fully saturated rings. The number of aliphatic imine (C=N–C) groups is 2. The minimum Gasteiger partial charge on any atom is -0.396 e. The molecule has 4 heterocycles. The van der Waals surface area contributed by atoms with Crippen molar-refractivity contribution in [3.63, 3.8) is 0 Å². The van der Waals surface area contributed by atoms with Gasteiger partial charge in [-0.05, 0) is 56.3 Å². The highest BCUT2D eigenvalue weighted by molar-refractivity contribution is 6.11. The van der Waals surface area contributed by atoms with Crippen molar-refractivity contribution in [3.8, 4) is 0 Å². The molecule has 0 saturated heterocycles. The number of aliphatic hydroxyl groups is 1. The molecule has 6 heteroatoms. The molecule has 0 aromatic carbocycles. The number of rotatable bonds is 8. The molecule has 1 aliphatic carbocycles. The van der Waals surface area contributed by atoms with Crippen LogP contribution in [0.25, 0.3) is 16.8 Å². The lowest BCUT2D eigenvalue weighted by molar-refractivity contribution is 0.232. The summed E-state index contributed by atoms with van der Waals surface area (Å²) in [4.78, 5) is 18.9. The Bertz CT molecular complexity index is 1060. The number of nitrogens with zero attached hydrogens (tertiary/aromatic N) is 5. The molecule has 3 aliphatic rings. The third-order valence-corrected chi connectivity index (χ3v) is 6.83. The zero-order valence-corrected chi connectivity index (χ0v) is 18.2. The average molecular weight is 418 g/mol. The van der Waals surface area contributed by atoms with E-state index in [0.29, 0.717) is 17.9 Å². The second kappa shape index (κ2) is 8.87. The quantitative estimate of drug-likeness (QED) is 0.698. The van der Waals surface area contributed by atoms with Gasteiger partial charge in [0.15, 0.2) is 0 Å². The molecule has 0 radical (unpaired) electrons. The number of allylic oxidation sites excluding steroid dienone is 2. The monoisotopic (exact) mass is 417 g/mol. The summed E-state index contributed by atoms with van der Waals surface area (Å²) in [6.07, 6.45) is 18.9. The van der Waals surface area contributed by atoms with E-state index in [0.717, 1.165) is 66.5 Å². The zero-order chi connectivity index (χ0) is 21.2. The van der Waals surface area contributed by atoms with Crippen molar-refractivity contribution < 1.29 is 5.11 Å². The van der Waals surface area contributed by atoms with Gasteiger partial charge < -0.3 is 5.11 Å². The van der Waals surface area contributed by atoms with E-state index >= 15 is 0 Å². The summed E-state index contributed by atoms with van der Waals surface area (Å²) in [6, 6.07) is 2.42. The Morgan fingerprint density at radius 3 is 2.87 bits per heavy atom. The molecule has 31 heavy (non-hydrogen) atoms. The standard InChI is InChI=1S/C25H31N5O/c1-2-22-6-5-20(16-28-22)23-13-24-27-8-9-30(24)25(29-23)21-12-17(14-26-15-21)11-19(7-10-31)18-3-4-18/h5,8-9,12-13,15-19,22,31H,2-4,6-7,10-11,14H2,1H3. The summed E-state index contributed by atoms with van der Waals surface area (Å²) in [5.74, 6) is 2.67. The molecule has 3 atom stereocenters. The predicted octanol–water partition coefficient (Wildman–Crippen LogP) is 4.25. The number of aromatic nitrogens is 3. The highest BCUT2D eigenvalue weighted by Crippen LogP contribution is 2.42. The van der Waals surface area contributed by atoms with Crippen molar-refractivity contribution >= 4 is 29.2 Å². The molecule has 1 saturated carbocycles. The number of imidazole rings is 1. The fourth-order valence-electron chi connectivity index (χ4n) is 4.86. The fourth-order valence-corrected chi connectivity index (χ4v) is 4.86.